The molecule has 0 aliphatic carbocycles. The molecule has 6 nitrogen and oxygen atoms in total. The summed E-state index contributed by atoms with van der Waals surface area (Å²) in [6.07, 6.45) is 4.01. The lowest BCUT2D eigenvalue weighted by atomic mass is 9.73. The molecular weight excluding hydrogens is 398 g/mol. The maximum absolute atomic E-state index is 6.65. The molecule has 7 heteroatoms. The Morgan fingerprint density at radius 1 is 1.20 bits per heavy atom. The second kappa shape index (κ2) is 7.22. The number of halogens is 1. The van der Waals surface area contributed by atoms with Crippen LogP contribution in [0.2, 0.25) is 5.02 Å². The van der Waals surface area contributed by atoms with E-state index in [9.17, 15) is 0 Å². The number of aromatic nitrogens is 3. The van der Waals surface area contributed by atoms with Gasteiger partial charge in [-0.1, -0.05) is 29.8 Å². The van der Waals surface area contributed by atoms with Gasteiger partial charge in [0.25, 0.3) is 0 Å². The van der Waals surface area contributed by atoms with Crippen LogP contribution in [0.25, 0.3) is 16.8 Å². The van der Waals surface area contributed by atoms with Gasteiger partial charge in [0.15, 0.2) is 5.82 Å². The molecule has 0 saturated carbocycles. The van der Waals surface area contributed by atoms with Crippen LogP contribution in [0.4, 0.5) is 5.82 Å². The van der Waals surface area contributed by atoms with E-state index in [-0.39, 0.29) is 17.6 Å². The molecule has 5 rings (SSSR count). The van der Waals surface area contributed by atoms with Gasteiger partial charge in [0.1, 0.15) is 5.52 Å². The summed E-state index contributed by atoms with van der Waals surface area (Å²) in [5, 5.41) is 5.37. The fourth-order valence-electron chi connectivity index (χ4n) is 5.08. The molecule has 2 saturated heterocycles. The molecule has 1 aromatic carbocycles. The molecule has 2 fully saturated rings. The molecule has 1 spiro atoms. The molecule has 30 heavy (non-hydrogen) atoms. The van der Waals surface area contributed by atoms with Gasteiger partial charge in [-0.25, -0.2) is 9.50 Å². The first-order valence-corrected chi connectivity index (χ1v) is 11.0. The Kier molecular flexibility index (Phi) is 4.76. The Bertz CT molecular complexity index is 1100. The predicted octanol–water partition coefficient (Wildman–Crippen LogP) is 4.00. The number of anilines is 1. The van der Waals surface area contributed by atoms with Crippen molar-refractivity contribution in [1.82, 2.24) is 14.6 Å². The van der Waals surface area contributed by atoms with Crippen LogP contribution in [0.1, 0.15) is 31.0 Å². The van der Waals surface area contributed by atoms with E-state index in [0.29, 0.717) is 0 Å². The van der Waals surface area contributed by atoms with Gasteiger partial charge < -0.3 is 15.4 Å². The zero-order valence-corrected chi connectivity index (χ0v) is 18.5. The Balaban J connectivity index is 1.52. The molecule has 2 atom stereocenters. The lowest BCUT2D eigenvalue weighted by Gasteiger charge is -2.41. The maximum atomic E-state index is 6.65. The number of fused-ring (bicyclic) bond motifs is 1. The number of hydrogen-bond donors (Lipinski definition) is 1. The highest BCUT2D eigenvalue weighted by molar-refractivity contribution is 6.34. The monoisotopic (exact) mass is 425 g/mol. The molecular formula is C23H28ClN5O. The second-order valence-electron chi connectivity index (χ2n) is 8.83. The molecule has 0 unspecified atom stereocenters. The molecule has 2 aromatic heterocycles. The highest BCUT2D eigenvalue weighted by Gasteiger charge is 2.47. The minimum absolute atomic E-state index is 0.0938. The van der Waals surface area contributed by atoms with Crippen LogP contribution >= 0.6 is 11.6 Å². The number of nitrogens with zero attached hydrogens (tertiary/aromatic N) is 4. The second-order valence-corrected chi connectivity index (χ2v) is 9.20. The van der Waals surface area contributed by atoms with Crippen LogP contribution in [0, 0.1) is 19.3 Å². The predicted molar refractivity (Wildman–Crippen MR) is 120 cm³/mol. The van der Waals surface area contributed by atoms with Crippen molar-refractivity contribution >= 4 is 22.9 Å². The van der Waals surface area contributed by atoms with Crippen LogP contribution in [0.5, 0.6) is 0 Å². The van der Waals surface area contributed by atoms with Crippen LogP contribution in [0.3, 0.4) is 0 Å². The smallest absolute Gasteiger partial charge is 0.155 e. The summed E-state index contributed by atoms with van der Waals surface area (Å²) in [6.45, 7) is 8.74. The Hall–Kier alpha value is -2.15. The van der Waals surface area contributed by atoms with Crippen molar-refractivity contribution in [2.45, 2.75) is 45.8 Å². The van der Waals surface area contributed by atoms with E-state index in [0.717, 1.165) is 71.4 Å². The number of rotatable bonds is 2. The van der Waals surface area contributed by atoms with Crippen molar-refractivity contribution < 1.29 is 4.74 Å². The standard InChI is InChI=1S/C23H28ClN5O/c1-14-5-4-6-17(19(14)24)20-15(2)27-22(18-7-10-26-29(18)20)28-11-8-23(9-12-28)13-30-16(3)21(23)25/h4-7,10,16,21H,8-9,11-13,25H2,1-3H3/t16-,21+/m0/s1. The van der Waals surface area contributed by atoms with Crippen molar-refractivity contribution in [3.63, 3.8) is 0 Å². The summed E-state index contributed by atoms with van der Waals surface area (Å²) < 4.78 is 7.86. The number of nitrogens with two attached hydrogens (primary N) is 1. The average Bonchev–Trinajstić information content (AvgIpc) is 3.32. The van der Waals surface area contributed by atoms with Gasteiger partial charge in [0, 0.05) is 30.1 Å². The molecule has 158 valence electrons. The molecule has 2 N–H and O–H groups in total. The first-order chi connectivity index (χ1) is 14.4. The van der Waals surface area contributed by atoms with Crippen LogP contribution < -0.4 is 10.6 Å². The minimum atomic E-state index is 0.0938. The van der Waals surface area contributed by atoms with E-state index in [2.05, 4.69) is 16.9 Å². The highest BCUT2D eigenvalue weighted by atomic mass is 35.5. The minimum Gasteiger partial charge on any atom is -0.376 e. The first kappa shape index (κ1) is 19.8. The van der Waals surface area contributed by atoms with E-state index in [1.807, 2.05) is 48.8 Å². The Morgan fingerprint density at radius 3 is 2.67 bits per heavy atom. The van der Waals surface area contributed by atoms with Crippen molar-refractivity contribution in [1.29, 1.82) is 0 Å². The topological polar surface area (TPSA) is 68.7 Å². The number of piperidine rings is 1. The van der Waals surface area contributed by atoms with Gasteiger partial charge in [0.2, 0.25) is 0 Å². The molecule has 0 bridgehead atoms. The van der Waals surface area contributed by atoms with Crippen LogP contribution in [0.15, 0.2) is 30.5 Å². The normalized spacial score (nSPS) is 23.6. The van der Waals surface area contributed by atoms with Gasteiger partial charge in [0.05, 0.1) is 35.3 Å². The van der Waals surface area contributed by atoms with Crippen molar-refractivity contribution in [3.8, 4) is 11.3 Å². The third-order valence-corrected chi connectivity index (χ3v) is 7.55. The van der Waals surface area contributed by atoms with Gasteiger partial charge in [-0.05, 0) is 45.2 Å². The van der Waals surface area contributed by atoms with E-state index >= 15 is 0 Å². The van der Waals surface area contributed by atoms with E-state index < -0.39 is 0 Å². The average molecular weight is 426 g/mol. The Morgan fingerprint density at radius 2 is 1.97 bits per heavy atom. The van der Waals surface area contributed by atoms with E-state index in [1.54, 1.807) is 0 Å². The molecule has 2 aliphatic heterocycles. The molecule has 3 aromatic rings. The lowest BCUT2D eigenvalue weighted by molar-refractivity contribution is 0.0974. The zero-order chi connectivity index (χ0) is 21.0. The van der Waals surface area contributed by atoms with E-state index in [4.69, 9.17) is 27.1 Å². The van der Waals surface area contributed by atoms with Gasteiger partial charge in [-0.3, -0.25) is 0 Å². The third kappa shape index (κ3) is 2.93. The van der Waals surface area contributed by atoms with Gasteiger partial charge >= 0.3 is 0 Å². The van der Waals surface area contributed by atoms with Crippen molar-refractivity contribution in [2.75, 3.05) is 24.6 Å². The Labute approximate surface area is 182 Å². The zero-order valence-electron chi connectivity index (χ0n) is 17.7. The number of benzene rings is 1. The first-order valence-electron chi connectivity index (χ1n) is 10.6. The van der Waals surface area contributed by atoms with Crippen molar-refractivity contribution in [2.24, 2.45) is 11.1 Å². The molecule has 4 heterocycles. The summed E-state index contributed by atoms with van der Waals surface area (Å²) in [4.78, 5) is 7.40. The largest absolute Gasteiger partial charge is 0.376 e. The van der Waals surface area contributed by atoms with Crippen LogP contribution in [-0.4, -0.2) is 46.4 Å². The molecule has 0 radical (unpaired) electrons. The summed E-state index contributed by atoms with van der Waals surface area (Å²) in [5.74, 6) is 0.980. The maximum Gasteiger partial charge on any atom is 0.155 e. The SMILES string of the molecule is Cc1cccc(-c2c(C)nc(N3CCC4(CC3)CO[C@@H](C)[C@H]4N)c3ccnn23)c1Cl. The number of hydrogen-bond acceptors (Lipinski definition) is 5. The van der Waals surface area contributed by atoms with E-state index in [1.165, 1.54) is 0 Å². The summed E-state index contributed by atoms with van der Waals surface area (Å²) in [6, 6.07) is 8.22. The fourth-order valence-corrected chi connectivity index (χ4v) is 5.30. The summed E-state index contributed by atoms with van der Waals surface area (Å²) in [7, 11) is 0. The van der Waals surface area contributed by atoms with Crippen molar-refractivity contribution in [3.05, 3.63) is 46.7 Å². The van der Waals surface area contributed by atoms with Crippen LogP contribution in [-0.2, 0) is 4.74 Å². The molecule has 2 aliphatic rings. The van der Waals surface area contributed by atoms with Gasteiger partial charge in [-0.15, -0.1) is 0 Å². The number of aryl methyl sites for hydroxylation is 2. The summed E-state index contributed by atoms with van der Waals surface area (Å²) in [5.41, 5.74) is 11.5. The lowest BCUT2D eigenvalue weighted by Crippen LogP contribution is -2.50. The fraction of sp³-hybridized carbons (Fsp3) is 0.478. The quantitative estimate of drug-likeness (QED) is 0.672. The number of ether oxygens (including phenoxy) is 1. The highest BCUT2D eigenvalue weighted by Crippen LogP contribution is 2.42. The summed E-state index contributed by atoms with van der Waals surface area (Å²) >= 11 is 6.65. The third-order valence-electron chi connectivity index (χ3n) is 7.05. The van der Waals surface area contributed by atoms with Gasteiger partial charge in [-0.2, -0.15) is 5.10 Å². The molecule has 0 amide bonds.